The Kier molecular flexibility index (Phi) is 6.35. The third-order valence-corrected chi connectivity index (χ3v) is 6.14. The molecule has 1 N–H and O–H groups in total. The van der Waals surface area contributed by atoms with Gasteiger partial charge in [0.2, 0.25) is 5.91 Å². The van der Waals surface area contributed by atoms with Crippen LogP contribution in [0.2, 0.25) is 10.0 Å². The quantitative estimate of drug-likeness (QED) is 0.588. The highest BCUT2D eigenvalue weighted by molar-refractivity contribution is 7.13. The van der Waals surface area contributed by atoms with E-state index in [4.69, 9.17) is 27.9 Å². The van der Waals surface area contributed by atoms with E-state index >= 15 is 0 Å². The van der Waals surface area contributed by atoms with E-state index < -0.39 is 0 Å². The Morgan fingerprint density at radius 2 is 1.79 bits per heavy atom. The summed E-state index contributed by atoms with van der Waals surface area (Å²) in [5.74, 6) is -0.119. The van der Waals surface area contributed by atoms with E-state index in [0.717, 1.165) is 37.7 Å². The van der Waals surface area contributed by atoms with Gasteiger partial charge in [-0.15, -0.1) is 11.3 Å². The van der Waals surface area contributed by atoms with Gasteiger partial charge in [-0.05, 0) is 36.4 Å². The molecule has 0 spiro atoms. The monoisotopic (exact) mass is 447 g/mol. The summed E-state index contributed by atoms with van der Waals surface area (Å²) in [6.07, 6.45) is 0.184. The molecule has 2 aromatic carbocycles. The number of morpholine rings is 1. The van der Waals surface area contributed by atoms with Gasteiger partial charge < -0.3 is 15.0 Å². The molecule has 1 aliphatic heterocycles. The fourth-order valence-corrected chi connectivity index (χ4v) is 4.73. The molecule has 5 nitrogen and oxygen atoms in total. The van der Waals surface area contributed by atoms with Gasteiger partial charge in [-0.25, -0.2) is 4.98 Å². The number of benzene rings is 2. The summed E-state index contributed by atoms with van der Waals surface area (Å²) in [6, 6.07) is 13.2. The Morgan fingerprint density at radius 3 is 2.48 bits per heavy atom. The summed E-state index contributed by atoms with van der Waals surface area (Å²) >= 11 is 13.9. The number of halogens is 2. The molecule has 1 amide bonds. The van der Waals surface area contributed by atoms with Crippen molar-refractivity contribution in [1.82, 2.24) is 4.98 Å². The lowest BCUT2D eigenvalue weighted by Gasteiger charge is -2.28. The number of nitrogens with zero attached hydrogens (tertiary/aromatic N) is 2. The van der Waals surface area contributed by atoms with Crippen molar-refractivity contribution in [2.75, 3.05) is 36.5 Å². The largest absolute Gasteiger partial charge is 0.378 e. The number of thiazole rings is 1. The first-order valence-electron chi connectivity index (χ1n) is 9.21. The summed E-state index contributed by atoms with van der Waals surface area (Å²) in [7, 11) is 0. The second-order valence-corrected chi connectivity index (χ2v) is 8.28. The number of amides is 1. The summed E-state index contributed by atoms with van der Waals surface area (Å²) in [5, 5.41) is 6.58. The number of ether oxygens (including phenoxy) is 1. The molecule has 2 heterocycles. The molecular formula is C21H19Cl2N3O2S. The summed E-state index contributed by atoms with van der Waals surface area (Å²) in [5.41, 5.74) is 3.28. The normalized spacial score (nSPS) is 14.1. The Balaban J connectivity index is 1.38. The van der Waals surface area contributed by atoms with Crippen LogP contribution in [0, 0.1) is 0 Å². The highest BCUT2D eigenvalue weighted by atomic mass is 35.5. The van der Waals surface area contributed by atoms with Gasteiger partial charge in [0.25, 0.3) is 0 Å². The minimum absolute atomic E-state index is 0.119. The second kappa shape index (κ2) is 9.13. The van der Waals surface area contributed by atoms with E-state index in [0.29, 0.717) is 26.3 Å². The second-order valence-electron chi connectivity index (χ2n) is 6.61. The third kappa shape index (κ3) is 4.90. The molecule has 1 aliphatic rings. The fourth-order valence-electron chi connectivity index (χ4n) is 3.15. The molecule has 4 rings (SSSR count). The van der Waals surface area contributed by atoms with Crippen LogP contribution < -0.4 is 10.2 Å². The SMILES string of the molecule is O=C(Cc1csc(-c2c(Cl)cccc2Cl)n1)Nc1ccc(N2CCOCC2)cc1. The maximum atomic E-state index is 12.4. The molecule has 3 aromatic rings. The minimum Gasteiger partial charge on any atom is -0.378 e. The average Bonchev–Trinajstić information content (AvgIpc) is 3.17. The van der Waals surface area contributed by atoms with Gasteiger partial charge in [0.05, 0.1) is 35.4 Å². The van der Waals surface area contributed by atoms with Crippen LogP contribution in [0.25, 0.3) is 10.6 Å². The summed E-state index contributed by atoms with van der Waals surface area (Å²) in [6.45, 7) is 3.25. The molecule has 8 heteroatoms. The lowest BCUT2D eigenvalue weighted by Crippen LogP contribution is -2.36. The average molecular weight is 448 g/mol. The predicted octanol–water partition coefficient (Wildman–Crippen LogP) is 5.13. The molecule has 0 radical (unpaired) electrons. The highest BCUT2D eigenvalue weighted by Crippen LogP contribution is 2.36. The van der Waals surface area contributed by atoms with Gasteiger partial charge in [0.15, 0.2) is 0 Å². The molecule has 150 valence electrons. The molecule has 1 fully saturated rings. The third-order valence-electron chi connectivity index (χ3n) is 4.60. The molecule has 29 heavy (non-hydrogen) atoms. The van der Waals surface area contributed by atoms with E-state index in [1.54, 1.807) is 18.2 Å². The first kappa shape index (κ1) is 20.2. The van der Waals surface area contributed by atoms with Crippen molar-refractivity contribution in [3.05, 3.63) is 63.6 Å². The number of rotatable bonds is 5. The van der Waals surface area contributed by atoms with Crippen molar-refractivity contribution in [2.24, 2.45) is 0 Å². The van der Waals surface area contributed by atoms with E-state index in [1.165, 1.54) is 11.3 Å². The summed E-state index contributed by atoms with van der Waals surface area (Å²) < 4.78 is 5.38. The van der Waals surface area contributed by atoms with E-state index in [-0.39, 0.29) is 12.3 Å². The first-order chi connectivity index (χ1) is 14.1. The van der Waals surface area contributed by atoms with Gasteiger partial charge >= 0.3 is 0 Å². The van der Waals surface area contributed by atoms with Gasteiger partial charge in [0.1, 0.15) is 5.01 Å². The van der Waals surface area contributed by atoms with Crippen LogP contribution in [0.3, 0.4) is 0 Å². The smallest absolute Gasteiger partial charge is 0.230 e. The van der Waals surface area contributed by atoms with Crippen LogP contribution in [-0.4, -0.2) is 37.2 Å². The van der Waals surface area contributed by atoms with Crippen molar-refractivity contribution in [3.63, 3.8) is 0 Å². The highest BCUT2D eigenvalue weighted by Gasteiger charge is 2.15. The van der Waals surface area contributed by atoms with Crippen LogP contribution in [0.5, 0.6) is 0 Å². The van der Waals surface area contributed by atoms with Crippen LogP contribution in [0.4, 0.5) is 11.4 Å². The van der Waals surface area contributed by atoms with Gasteiger partial charge in [-0.2, -0.15) is 0 Å². The number of carbonyl (C=O) groups excluding carboxylic acids is 1. The zero-order valence-electron chi connectivity index (χ0n) is 15.5. The lowest BCUT2D eigenvalue weighted by atomic mass is 10.2. The first-order valence-corrected chi connectivity index (χ1v) is 10.8. The summed E-state index contributed by atoms with van der Waals surface area (Å²) in [4.78, 5) is 19.2. The number of carbonyl (C=O) groups is 1. The molecule has 0 saturated carbocycles. The van der Waals surface area contributed by atoms with Crippen molar-refractivity contribution in [2.45, 2.75) is 6.42 Å². The lowest BCUT2D eigenvalue weighted by molar-refractivity contribution is -0.115. The Labute approximate surface area is 183 Å². The fraction of sp³-hybridized carbons (Fsp3) is 0.238. The van der Waals surface area contributed by atoms with Crippen molar-refractivity contribution < 1.29 is 9.53 Å². The zero-order chi connectivity index (χ0) is 20.2. The minimum atomic E-state index is -0.119. The Morgan fingerprint density at radius 1 is 1.10 bits per heavy atom. The van der Waals surface area contributed by atoms with Crippen molar-refractivity contribution >= 4 is 51.8 Å². The molecule has 1 saturated heterocycles. The predicted molar refractivity (Wildman–Crippen MR) is 119 cm³/mol. The number of nitrogens with one attached hydrogen (secondary N) is 1. The molecule has 0 bridgehead atoms. The van der Waals surface area contributed by atoms with E-state index in [2.05, 4.69) is 15.2 Å². The van der Waals surface area contributed by atoms with Crippen LogP contribution in [0.1, 0.15) is 5.69 Å². The standard InChI is InChI=1S/C21H19Cl2N3O2S/c22-17-2-1-3-18(23)20(17)21-25-15(13-29-21)12-19(27)24-14-4-6-16(7-5-14)26-8-10-28-11-9-26/h1-7,13H,8-12H2,(H,24,27). The van der Waals surface area contributed by atoms with Gasteiger partial charge in [0, 0.05) is 35.4 Å². The van der Waals surface area contributed by atoms with Crippen LogP contribution in [-0.2, 0) is 16.0 Å². The maximum absolute atomic E-state index is 12.4. The number of anilines is 2. The molecular weight excluding hydrogens is 429 g/mol. The van der Waals surface area contributed by atoms with Gasteiger partial charge in [-0.3, -0.25) is 4.79 Å². The molecule has 0 aliphatic carbocycles. The number of aromatic nitrogens is 1. The molecule has 0 unspecified atom stereocenters. The zero-order valence-corrected chi connectivity index (χ0v) is 17.9. The van der Waals surface area contributed by atoms with Crippen LogP contribution in [0.15, 0.2) is 47.8 Å². The van der Waals surface area contributed by atoms with Crippen molar-refractivity contribution in [1.29, 1.82) is 0 Å². The Bertz CT molecular complexity index is 981. The number of hydrogen-bond acceptors (Lipinski definition) is 5. The number of hydrogen-bond donors (Lipinski definition) is 1. The topological polar surface area (TPSA) is 54.5 Å². The molecule has 1 aromatic heterocycles. The maximum Gasteiger partial charge on any atom is 0.230 e. The van der Waals surface area contributed by atoms with E-state index in [1.807, 2.05) is 29.6 Å². The molecule has 0 atom stereocenters. The van der Waals surface area contributed by atoms with E-state index in [9.17, 15) is 4.79 Å². The van der Waals surface area contributed by atoms with Crippen molar-refractivity contribution in [3.8, 4) is 10.6 Å². The van der Waals surface area contributed by atoms with Gasteiger partial charge in [-0.1, -0.05) is 29.3 Å². The Hall–Kier alpha value is -2.12. The van der Waals surface area contributed by atoms with Crippen LogP contribution >= 0.6 is 34.5 Å².